The first-order chi connectivity index (χ1) is 15.2. The van der Waals surface area contributed by atoms with Crippen LogP contribution in [0.4, 0.5) is 13.2 Å². The van der Waals surface area contributed by atoms with E-state index in [1.54, 1.807) is 0 Å². The molecule has 0 saturated carbocycles. The zero-order valence-corrected chi connectivity index (χ0v) is 17.8. The van der Waals surface area contributed by atoms with Crippen molar-refractivity contribution in [1.82, 2.24) is 4.90 Å². The monoisotopic (exact) mass is 477 g/mol. The van der Waals surface area contributed by atoms with E-state index in [1.165, 1.54) is 12.1 Å². The molecule has 0 unspecified atom stereocenters. The number of halogens is 3. The van der Waals surface area contributed by atoms with Crippen LogP contribution in [-0.2, 0) is 20.6 Å². The highest BCUT2D eigenvalue weighted by Crippen LogP contribution is 2.29. The first-order valence-corrected chi connectivity index (χ1v) is 9.99. The van der Waals surface area contributed by atoms with Crippen LogP contribution in [0.2, 0.25) is 0 Å². The second kappa shape index (κ2) is 11.8. The molecular weight excluding hydrogens is 451 g/mol. The Hall–Kier alpha value is -2.99. The molecule has 9 nitrogen and oxygen atoms in total. The number of Topliss-reactive ketones (excluding diaryl/α,β-unsaturated/α-hetero) is 1. The third-order valence-electron chi connectivity index (χ3n) is 4.96. The van der Waals surface area contributed by atoms with Crippen LogP contribution in [0.3, 0.4) is 0 Å². The molecule has 1 fully saturated rings. The van der Waals surface area contributed by atoms with Crippen molar-refractivity contribution in [2.24, 2.45) is 5.92 Å². The van der Waals surface area contributed by atoms with Crippen LogP contribution in [-0.4, -0.2) is 74.3 Å². The Kier molecular flexibility index (Phi) is 9.99. The zero-order valence-electron chi connectivity index (χ0n) is 17.8. The fourth-order valence-corrected chi connectivity index (χ4v) is 3.26. The molecule has 0 spiro atoms. The van der Waals surface area contributed by atoms with Crippen LogP contribution in [0, 0.1) is 5.92 Å². The van der Waals surface area contributed by atoms with E-state index in [0.717, 1.165) is 38.1 Å². The summed E-state index contributed by atoms with van der Waals surface area (Å²) in [5.74, 6) is -5.30. The summed E-state index contributed by atoms with van der Waals surface area (Å²) < 4.78 is 37.4. The number of rotatable bonds is 9. The molecule has 184 valence electrons. The summed E-state index contributed by atoms with van der Waals surface area (Å²) in [6.45, 7) is 4.52. The van der Waals surface area contributed by atoms with Gasteiger partial charge < -0.3 is 25.3 Å². The second-order valence-electron chi connectivity index (χ2n) is 7.83. The minimum atomic E-state index is -4.36. The molecule has 0 amide bonds. The van der Waals surface area contributed by atoms with Crippen LogP contribution in [0.15, 0.2) is 24.3 Å². The first kappa shape index (κ1) is 28.0. The maximum Gasteiger partial charge on any atom is 0.416 e. The molecule has 1 aliphatic rings. The van der Waals surface area contributed by atoms with Crippen molar-refractivity contribution < 1.29 is 52.8 Å². The Labute approximate surface area is 187 Å². The minimum Gasteiger partial charge on any atom is -0.481 e. The maximum atomic E-state index is 12.5. The van der Waals surface area contributed by atoms with Gasteiger partial charge in [0.1, 0.15) is 0 Å². The van der Waals surface area contributed by atoms with Gasteiger partial charge >= 0.3 is 24.1 Å². The molecule has 0 aromatic heterocycles. The van der Waals surface area contributed by atoms with Gasteiger partial charge in [-0.05, 0) is 38.1 Å². The van der Waals surface area contributed by atoms with Crippen LogP contribution in [0.5, 0.6) is 0 Å². The Bertz CT molecular complexity index is 832. The van der Waals surface area contributed by atoms with Crippen molar-refractivity contribution in [2.75, 3.05) is 19.6 Å². The minimum absolute atomic E-state index is 0.0920. The Morgan fingerprint density at radius 2 is 1.39 bits per heavy atom. The summed E-state index contributed by atoms with van der Waals surface area (Å²) in [6, 6.07) is 4.48. The van der Waals surface area contributed by atoms with E-state index in [9.17, 15) is 32.3 Å². The molecule has 1 saturated heterocycles. The number of carbonyl (C=O) groups is 4. The van der Waals surface area contributed by atoms with Gasteiger partial charge in [0.2, 0.25) is 0 Å². The lowest BCUT2D eigenvalue weighted by atomic mass is 9.96. The predicted molar refractivity (Wildman–Crippen MR) is 108 cm³/mol. The number of aliphatic hydroxyl groups is 1. The summed E-state index contributed by atoms with van der Waals surface area (Å²) in [5.41, 5.74) is -3.11. The largest absolute Gasteiger partial charge is 0.481 e. The molecular formula is C21H26F3NO8. The number of benzene rings is 1. The van der Waals surface area contributed by atoms with E-state index < -0.39 is 48.1 Å². The molecule has 1 atom stereocenters. The van der Waals surface area contributed by atoms with Gasteiger partial charge in [0.25, 0.3) is 0 Å². The number of hydrogen-bond donors (Lipinski definition) is 4. The molecule has 0 aliphatic carbocycles. The van der Waals surface area contributed by atoms with Crippen molar-refractivity contribution in [3.63, 3.8) is 0 Å². The molecule has 1 heterocycles. The fraction of sp³-hybridized carbons (Fsp3) is 0.524. The average molecular weight is 477 g/mol. The Morgan fingerprint density at radius 3 is 1.76 bits per heavy atom. The molecule has 0 bridgehead atoms. The number of nitrogens with zero attached hydrogens (tertiary/aromatic N) is 1. The van der Waals surface area contributed by atoms with Crippen molar-refractivity contribution in [3.8, 4) is 0 Å². The van der Waals surface area contributed by atoms with Gasteiger partial charge in [-0.3, -0.25) is 14.4 Å². The molecule has 2 rings (SSSR count). The molecule has 1 aromatic carbocycles. The quantitative estimate of drug-likeness (QED) is 0.393. The van der Waals surface area contributed by atoms with Gasteiger partial charge in [0, 0.05) is 18.0 Å². The lowest BCUT2D eigenvalue weighted by Gasteiger charge is -2.19. The highest BCUT2D eigenvalue weighted by Gasteiger charge is 2.40. The third kappa shape index (κ3) is 9.18. The predicted octanol–water partition coefficient (Wildman–Crippen LogP) is 2.37. The third-order valence-corrected chi connectivity index (χ3v) is 4.96. The van der Waals surface area contributed by atoms with Crippen LogP contribution < -0.4 is 0 Å². The highest BCUT2D eigenvalue weighted by atomic mass is 19.4. The number of carbonyl (C=O) groups excluding carboxylic acids is 1. The number of aliphatic carboxylic acids is 3. The molecule has 12 heteroatoms. The summed E-state index contributed by atoms with van der Waals surface area (Å²) in [4.78, 5) is 44.9. The number of alkyl halides is 3. The van der Waals surface area contributed by atoms with E-state index >= 15 is 0 Å². The summed E-state index contributed by atoms with van der Waals surface area (Å²) in [5, 5.41) is 33.8. The summed E-state index contributed by atoms with van der Waals surface area (Å²) >= 11 is 0. The van der Waals surface area contributed by atoms with Gasteiger partial charge in [0.05, 0.1) is 18.4 Å². The smallest absolute Gasteiger partial charge is 0.416 e. The zero-order chi connectivity index (χ0) is 25.4. The number of carboxylic acid groups (broad SMARTS) is 3. The van der Waals surface area contributed by atoms with Crippen molar-refractivity contribution in [2.45, 2.75) is 44.4 Å². The fourth-order valence-electron chi connectivity index (χ4n) is 3.26. The SMILES string of the molecule is C[C@H](CN1CCCC1)C(=O)c1ccc(C(F)(F)F)cc1.O=C(O)CC(O)(CC(=O)O)C(=O)O. The summed E-state index contributed by atoms with van der Waals surface area (Å²) in [7, 11) is 0. The topological polar surface area (TPSA) is 152 Å². The maximum absolute atomic E-state index is 12.5. The van der Waals surface area contributed by atoms with Crippen molar-refractivity contribution in [1.29, 1.82) is 0 Å². The van der Waals surface area contributed by atoms with Crippen LogP contribution in [0.25, 0.3) is 0 Å². The van der Waals surface area contributed by atoms with Crippen LogP contribution in [0.1, 0.15) is 48.5 Å². The number of ketones is 1. The van der Waals surface area contributed by atoms with E-state index in [-0.39, 0.29) is 11.7 Å². The summed E-state index contributed by atoms with van der Waals surface area (Å²) in [6.07, 6.45) is -4.34. The van der Waals surface area contributed by atoms with E-state index in [2.05, 4.69) is 4.90 Å². The Morgan fingerprint density at radius 1 is 0.939 bits per heavy atom. The molecule has 0 radical (unpaired) electrons. The van der Waals surface area contributed by atoms with Gasteiger partial charge in [-0.25, -0.2) is 4.79 Å². The number of hydrogen-bond acceptors (Lipinski definition) is 6. The standard InChI is InChI=1S/C15H18F3NO.C6H8O7/c1-11(10-19-8-2-3-9-19)14(20)12-4-6-13(7-5-12)15(16,17)18;7-3(8)1-6(13,5(11)12)2-4(9)10/h4-7,11H,2-3,8-10H2,1H3;13H,1-2H2,(H,7,8)(H,9,10)(H,11,12)/t11-;/m1./s1. The average Bonchev–Trinajstić information content (AvgIpc) is 3.19. The van der Waals surface area contributed by atoms with E-state index in [0.29, 0.717) is 12.1 Å². The lowest BCUT2D eigenvalue weighted by molar-refractivity contribution is -0.170. The van der Waals surface area contributed by atoms with Gasteiger partial charge in [0.15, 0.2) is 11.4 Å². The van der Waals surface area contributed by atoms with Gasteiger partial charge in [-0.2, -0.15) is 13.2 Å². The normalized spacial score (nSPS) is 15.3. The van der Waals surface area contributed by atoms with Crippen LogP contribution >= 0.6 is 0 Å². The molecule has 1 aromatic rings. The molecule has 4 N–H and O–H groups in total. The van der Waals surface area contributed by atoms with Gasteiger partial charge in [-0.15, -0.1) is 0 Å². The first-order valence-electron chi connectivity index (χ1n) is 9.99. The number of carboxylic acids is 3. The van der Waals surface area contributed by atoms with Crippen molar-refractivity contribution in [3.05, 3.63) is 35.4 Å². The van der Waals surface area contributed by atoms with Gasteiger partial charge in [-0.1, -0.05) is 19.1 Å². The molecule has 1 aliphatic heterocycles. The Balaban J connectivity index is 0.000000366. The van der Waals surface area contributed by atoms with E-state index in [4.69, 9.17) is 20.4 Å². The second-order valence-corrected chi connectivity index (χ2v) is 7.83. The number of likely N-dealkylation sites (tertiary alicyclic amines) is 1. The van der Waals surface area contributed by atoms with E-state index in [1.807, 2.05) is 6.92 Å². The van der Waals surface area contributed by atoms with Crippen molar-refractivity contribution >= 4 is 23.7 Å². The lowest BCUT2D eigenvalue weighted by Crippen LogP contribution is -2.42. The molecule has 33 heavy (non-hydrogen) atoms. The highest BCUT2D eigenvalue weighted by molar-refractivity contribution is 5.97.